The SMILES string of the molecule is CCC(CC1CC1C1CC1(C)C)(c1ccc(OCC(=O)NO)c(C)c1)c1ccc(OCC(=O)C(C)(C)C)c(C)c1. The first-order valence-corrected chi connectivity index (χ1v) is 14.7. The minimum absolute atomic E-state index is 0.0680. The summed E-state index contributed by atoms with van der Waals surface area (Å²) in [6.45, 7) is 16.7. The predicted molar refractivity (Wildman–Crippen MR) is 157 cm³/mol. The van der Waals surface area contributed by atoms with Crippen LogP contribution in [0.5, 0.6) is 11.5 Å². The second kappa shape index (κ2) is 11.2. The fourth-order valence-corrected chi connectivity index (χ4v) is 6.39. The Hall–Kier alpha value is -2.86. The van der Waals surface area contributed by atoms with Gasteiger partial charge in [0.1, 0.15) is 18.1 Å². The van der Waals surface area contributed by atoms with E-state index in [1.807, 2.05) is 39.8 Å². The summed E-state index contributed by atoms with van der Waals surface area (Å²) >= 11 is 0. The number of Topliss-reactive ketones (excluding diaryl/α,β-unsaturated/α-hetero) is 1. The smallest absolute Gasteiger partial charge is 0.281 e. The van der Waals surface area contributed by atoms with Crippen molar-refractivity contribution in [1.82, 2.24) is 5.48 Å². The van der Waals surface area contributed by atoms with E-state index in [1.54, 1.807) is 5.48 Å². The summed E-state index contributed by atoms with van der Waals surface area (Å²) in [7, 11) is 0. The second-order valence-electron chi connectivity index (χ2n) is 13.8. The Bertz CT molecular complexity index is 1260. The first kappa shape index (κ1) is 30.1. The minimum Gasteiger partial charge on any atom is -0.486 e. The summed E-state index contributed by atoms with van der Waals surface area (Å²) in [6.07, 6.45) is 4.65. The molecule has 0 saturated heterocycles. The van der Waals surface area contributed by atoms with Gasteiger partial charge >= 0.3 is 0 Å². The number of hydrogen-bond donors (Lipinski definition) is 2. The summed E-state index contributed by atoms with van der Waals surface area (Å²) < 4.78 is 11.6. The summed E-state index contributed by atoms with van der Waals surface area (Å²) in [5.41, 5.74) is 5.95. The Balaban J connectivity index is 1.65. The van der Waals surface area contributed by atoms with E-state index in [0.29, 0.717) is 17.1 Å². The van der Waals surface area contributed by atoms with Crippen molar-refractivity contribution in [3.05, 3.63) is 58.7 Å². The molecule has 1 amide bonds. The molecule has 4 rings (SSSR count). The highest BCUT2D eigenvalue weighted by molar-refractivity contribution is 5.85. The molecule has 2 aromatic carbocycles. The van der Waals surface area contributed by atoms with E-state index in [4.69, 9.17) is 14.7 Å². The number of carbonyl (C=O) groups excluding carboxylic acids is 2. The number of hydroxylamine groups is 1. The van der Waals surface area contributed by atoms with Crippen LogP contribution in [0.2, 0.25) is 0 Å². The quantitative estimate of drug-likeness (QED) is 0.221. The highest BCUT2D eigenvalue weighted by atomic mass is 16.5. The van der Waals surface area contributed by atoms with Crippen molar-refractivity contribution in [1.29, 1.82) is 0 Å². The standard InChI is InChI=1S/C34H47NO5/c1-9-34(17-23-16-26(23)27-18-33(27,7)8,25-11-13-29(22(3)15-25)40-20-31(37)35-38)24-10-12-28(21(2)14-24)39-19-30(36)32(4,5)6/h10-15,23,26-27,38H,9,16-20H2,1-8H3,(H,35,37). The second-order valence-corrected chi connectivity index (χ2v) is 13.8. The number of ether oxygens (including phenoxy) is 2. The lowest BCUT2D eigenvalue weighted by Gasteiger charge is -2.36. The fraction of sp³-hybridized carbons (Fsp3) is 0.588. The molecule has 6 heteroatoms. The Morgan fingerprint density at radius 1 is 0.975 bits per heavy atom. The van der Waals surface area contributed by atoms with Gasteiger partial charge in [0.05, 0.1) is 0 Å². The van der Waals surface area contributed by atoms with E-state index >= 15 is 0 Å². The maximum Gasteiger partial charge on any atom is 0.281 e. The number of benzene rings is 2. The van der Waals surface area contributed by atoms with E-state index in [-0.39, 0.29) is 24.4 Å². The average molecular weight is 550 g/mol. The Morgan fingerprint density at radius 3 is 1.93 bits per heavy atom. The highest BCUT2D eigenvalue weighted by Gasteiger charge is 2.59. The third kappa shape index (κ3) is 6.38. The van der Waals surface area contributed by atoms with Crippen molar-refractivity contribution in [2.24, 2.45) is 28.6 Å². The molecular formula is C34H47NO5. The molecule has 0 aliphatic heterocycles. The normalized spacial score (nSPS) is 22.7. The molecule has 2 aliphatic rings. The van der Waals surface area contributed by atoms with Crippen LogP contribution in [0.4, 0.5) is 0 Å². The van der Waals surface area contributed by atoms with E-state index < -0.39 is 11.3 Å². The summed E-state index contributed by atoms with van der Waals surface area (Å²) in [4.78, 5) is 24.0. The molecule has 0 radical (unpaired) electrons. The van der Waals surface area contributed by atoms with Gasteiger partial charge < -0.3 is 9.47 Å². The summed E-state index contributed by atoms with van der Waals surface area (Å²) in [5.74, 6) is 3.19. The minimum atomic E-state index is -0.587. The molecule has 0 aromatic heterocycles. The number of carbonyl (C=O) groups is 2. The highest BCUT2D eigenvalue weighted by Crippen LogP contribution is 2.67. The Morgan fingerprint density at radius 2 is 1.50 bits per heavy atom. The number of nitrogens with one attached hydrogen (secondary N) is 1. The van der Waals surface area contributed by atoms with Crippen LogP contribution >= 0.6 is 0 Å². The van der Waals surface area contributed by atoms with Crippen LogP contribution < -0.4 is 15.0 Å². The summed E-state index contributed by atoms with van der Waals surface area (Å²) in [6, 6.07) is 12.7. The molecular weight excluding hydrogens is 502 g/mol. The van der Waals surface area contributed by atoms with Gasteiger partial charge in [-0.25, -0.2) is 5.48 Å². The molecule has 0 spiro atoms. The zero-order valence-corrected chi connectivity index (χ0v) is 25.5. The van der Waals surface area contributed by atoms with E-state index in [9.17, 15) is 9.59 Å². The maximum atomic E-state index is 12.5. The molecule has 2 aliphatic carbocycles. The van der Waals surface area contributed by atoms with Gasteiger partial charge in [-0.1, -0.05) is 65.8 Å². The molecule has 2 N–H and O–H groups in total. The van der Waals surface area contributed by atoms with Crippen molar-refractivity contribution < 1.29 is 24.3 Å². The van der Waals surface area contributed by atoms with Crippen molar-refractivity contribution in [2.75, 3.05) is 13.2 Å². The van der Waals surface area contributed by atoms with E-state index in [1.165, 1.54) is 24.0 Å². The molecule has 0 bridgehead atoms. The zero-order chi connectivity index (χ0) is 29.5. The van der Waals surface area contributed by atoms with Crippen molar-refractivity contribution in [2.45, 2.75) is 86.5 Å². The molecule has 4 unspecified atom stereocenters. The number of aryl methyl sites for hydroxylation is 2. The predicted octanol–water partition coefficient (Wildman–Crippen LogP) is 6.95. The number of ketones is 1. The van der Waals surface area contributed by atoms with Crippen molar-refractivity contribution in [3.63, 3.8) is 0 Å². The average Bonchev–Trinajstić information content (AvgIpc) is 3.80. The van der Waals surface area contributed by atoms with Crippen LogP contribution in [0.1, 0.15) is 89.5 Å². The molecule has 2 saturated carbocycles. The lowest BCUT2D eigenvalue weighted by molar-refractivity contribution is -0.131. The molecule has 0 heterocycles. The van der Waals surface area contributed by atoms with Crippen LogP contribution in [0.25, 0.3) is 0 Å². The zero-order valence-electron chi connectivity index (χ0n) is 25.5. The Labute approximate surface area is 239 Å². The van der Waals surface area contributed by atoms with Gasteiger partial charge in [0.15, 0.2) is 12.4 Å². The Kier molecular flexibility index (Phi) is 8.43. The number of amides is 1. The van der Waals surface area contributed by atoms with Gasteiger partial charge in [0, 0.05) is 10.8 Å². The van der Waals surface area contributed by atoms with Gasteiger partial charge in [-0.2, -0.15) is 0 Å². The van der Waals surface area contributed by atoms with Gasteiger partial charge in [0.25, 0.3) is 5.91 Å². The number of rotatable bonds is 12. The first-order chi connectivity index (χ1) is 18.7. The molecule has 4 atom stereocenters. The third-order valence-electron chi connectivity index (χ3n) is 9.43. The molecule has 2 fully saturated rings. The molecule has 6 nitrogen and oxygen atoms in total. The van der Waals surface area contributed by atoms with Gasteiger partial charge in [0.2, 0.25) is 0 Å². The van der Waals surface area contributed by atoms with E-state index in [0.717, 1.165) is 41.6 Å². The molecule has 40 heavy (non-hydrogen) atoms. The monoisotopic (exact) mass is 549 g/mol. The van der Waals surface area contributed by atoms with Gasteiger partial charge in [-0.15, -0.1) is 0 Å². The van der Waals surface area contributed by atoms with Crippen LogP contribution in [-0.4, -0.2) is 30.1 Å². The third-order valence-corrected chi connectivity index (χ3v) is 9.43. The van der Waals surface area contributed by atoms with Crippen molar-refractivity contribution in [3.8, 4) is 11.5 Å². The largest absolute Gasteiger partial charge is 0.486 e. The van der Waals surface area contributed by atoms with Crippen LogP contribution in [0.15, 0.2) is 36.4 Å². The van der Waals surface area contributed by atoms with E-state index in [2.05, 4.69) is 52.0 Å². The van der Waals surface area contributed by atoms with Crippen LogP contribution in [-0.2, 0) is 15.0 Å². The summed E-state index contributed by atoms with van der Waals surface area (Å²) in [5, 5.41) is 8.81. The van der Waals surface area contributed by atoms with Gasteiger partial charge in [-0.3, -0.25) is 14.8 Å². The first-order valence-electron chi connectivity index (χ1n) is 14.7. The lowest BCUT2D eigenvalue weighted by atomic mass is 9.68. The van der Waals surface area contributed by atoms with Crippen LogP contribution in [0, 0.1) is 42.4 Å². The topological polar surface area (TPSA) is 84.9 Å². The lowest BCUT2D eigenvalue weighted by Crippen LogP contribution is -2.29. The molecule has 218 valence electrons. The molecule has 2 aromatic rings. The number of hydrogen-bond acceptors (Lipinski definition) is 5. The van der Waals surface area contributed by atoms with Crippen molar-refractivity contribution >= 4 is 11.7 Å². The fourth-order valence-electron chi connectivity index (χ4n) is 6.39. The maximum absolute atomic E-state index is 12.5. The van der Waals surface area contributed by atoms with Gasteiger partial charge in [-0.05, 0) is 97.1 Å². The van der Waals surface area contributed by atoms with Crippen LogP contribution in [0.3, 0.4) is 0 Å².